The fraction of sp³-hybridized carbons (Fsp3) is 0.917. The third-order valence-corrected chi connectivity index (χ3v) is 5.18. The van der Waals surface area contributed by atoms with E-state index >= 15 is 0 Å². The van der Waals surface area contributed by atoms with Crippen molar-refractivity contribution in [2.75, 3.05) is 13.2 Å². The fourth-order valence-electron chi connectivity index (χ4n) is 3.69. The Labute approximate surface area is 91.4 Å². The van der Waals surface area contributed by atoms with Crippen LogP contribution in [0.25, 0.3) is 0 Å². The zero-order valence-corrected chi connectivity index (χ0v) is 9.88. The Balaban J connectivity index is 2.43. The van der Waals surface area contributed by atoms with E-state index in [4.69, 9.17) is 10.5 Å². The number of carbonyl (C=O) groups is 1. The van der Waals surface area contributed by atoms with Crippen molar-refractivity contribution in [2.45, 2.75) is 33.6 Å². The molecule has 2 rings (SSSR count). The molecule has 4 atom stereocenters. The largest absolute Gasteiger partial charge is 0.465 e. The number of cyclic esters (lactones) is 1. The normalized spacial score (nSPS) is 49.2. The predicted molar refractivity (Wildman–Crippen MR) is 58.1 cm³/mol. The number of esters is 1. The molecule has 1 heterocycles. The summed E-state index contributed by atoms with van der Waals surface area (Å²) < 4.78 is 5.30. The number of rotatable bonds is 2. The van der Waals surface area contributed by atoms with Gasteiger partial charge in [0.2, 0.25) is 0 Å². The van der Waals surface area contributed by atoms with E-state index in [1.54, 1.807) is 0 Å². The highest BCUT2D eigenvalue weighted by Gasteiger charge is 2.67. The second-order valence-electron chi connectivity index (χ2n) is 5.47. The van der Waals surface area contributed by atoms with Gasteiger partial charge in [-0.05, 0) is 31.7 Å². The van der Waals surface area contributed by atoms with Gasteiger partial charge < -0.3 is 10.5 Å². The molecule has 0 spiro atoms. The number of carbonyl (C=O) groups excluding carboxylic acids is 1. The van der Waals surface area contributed by atoms with Crippen LogP contribution in [-0.2, 0) is 9.53 Å². The minimum atomic E-state index is -0.300. The lowest BCUT2D eigenvalue weighted by molar-refractivity contribution is -0.148. The van der Waals surface area contributed by atoms with Gasteiger partial charge in [0.1, 0.15) is 0 Å². The van der Waals surface area contributed by atoms with Crippen LogP contribution in [0.2, 0.25) is 0 Å². The number of hydrogen-bond donors (Lipinski definition) is 1. The molecule has 0 aromatic heterocycles. The van der Waals surface area contributed by atoms with Gasteiger partial charge in [-0.1, -0.05) is 20.3 Å². The molecular formula is C12H21NO2. The van der Waals surface area contributed by atoms with E-state index in [-0.39, 0.29) is 16.8 Å². The monoisotopic (exact) mass is 211 g/mol. The van der Waals surface area contributed by atoms with Crippen LogP contribution in [-0.4, -0.2) is 19.1 Å². The molecule has 86 valence electrons. The number of fused-ring (bicyclic) bond motifs is 1. The van der Waals surface area contributed by atoms with Gasteiger partial charge in [0, 0.05) is 5.41 Å². The van der Waals surface area contributed by atoms with Gasteiger partial charge in [-0.15, -0.1) is 0 Å². The van der Waals surface area contributed by atoms with Crippen LogP contribution < -0.4 is 5.73 Å². The van der Waals surface area contributed by atoms with Crippen molar-refractivity contribution < 1.29 is 9.53 Å². The van der Waals surface area contributed by atoms with Crippen molar-refractivity contribution in [3.8, 4) is 0 Å². The summed E-state index contributed by atoms with van der Waals surface area (Å²) in [6.45, 7) is 7.62. The van der Waals surface area contributed by atoms with Crippen molar-refractivity contribution in [3.05, 3.63) is 0 Å². The Morgan fingerprint density at radius 1 is 1.47 bits per heavy atom. The second kappa shape index (κ2) is 3.21. The smallest absolute Gasteiger partial charge is 0.312 e. The molecule has 0 radical (unpaired) electrons. The van der Waals surface area contributed by atoms with E-state index < -0.39 is 0 Å². The number of ether oxygens (including phenoxy) is 1. The summed E-state index contributed by atoms with van der Waals surface area (Å²) in [4.78, 5) is 12.0. The van der Waals surface area contributed by atoms with E-state index in [1.807, 2.05) is 0 Å². The highest BCUT2D eigenvalue weighted by Crippen LogP contribution is 2.63. The average Bonchev–Trinajstić information content (AvgIpc) is 2.59. The third-order valence-electron chi connectivity index (χ3n) is 5.18. The lowest BCUT2D eigenvalue weighted by atomic mass is 9.63. The second-order valence-corrected chi connectivity index (χ2v) is 5.47. The first-order valence-electron chi connectivity index (χ1n) is 5.88. The van der Waals surface area contributed by atoms with Gasteiger partial charge in [0.05, 0.1) is 12.0 Å². The maximum Gasteiger partial charge on any atom is 0.312 e. The van der Waals surface area contributed by atoms with Crippen LogP contribution >= 0.6 is 0 Å². The molecule has 3 heteroatoms. The van der Waals surface area contributed by atoms with Crippen molar-refractivity contribution >= 4 is 5.97 Å². The fourth-order valence-corrected chi connectivity index (χ4v) is 3.69. The summed E-state index contributed by atoms with van der Waals surface area (Å²) >= 11 is 0. The first-order valence-corrected chi connectivity index (χ1v) is 5.88. The molecule has 15 heavy (non-hydrogen) atoms. The molecule has 1 saturated heterocycles. The third kappa shape index (κ3) is 1.07. The standard InChI is InChI=1S/C12H21NO2/c1-4-8-5-9(6-13)11(2)7-15-10(14)12(8,11)3/h8-9H,4-7,13H2,1-3H3. The van der Waals surface area contributed by atoms with Gasteiger partial charge >= 0.3 is 5.97 Å². The van der Waals surface area contributed by atoms with Crippen LogP contribution in [0.3, 0.4) is 0 Å². The molecule has 3 nitrogen and oxygen atoms in total. The summed E-state index contributed by atoms with van der Waals surface area (Å²) in [5.41, 5.74) is 5.49. The van der Waals surface area contributed by atoms with Gasteiger partial charge in [-0.2, -0.15) is 0 Å². The molecule has 2 N–H and O–H groups in total. The molecule has 1 aliphatic carbocycles. The zero-order chi connectivity index (χ0) is 11.3. The highest BCUT2D eigenvalue weighted by molar-refractivity contribution is 5.81. The Kier molecular flexibility index (Phi) is 2.34. The molecule has 2 aliphatic rings. The van der Waals surface area contributed by atoms with E-state index in [9.17, 15) is 4.79 Å². The molecule has 0 aromatic carbocycles. The summed E-state index contributed by atoms with van der Waals surface area (Å²) in [5.74, 6) is 0.859. The molecule has 0 aromatic rings. The van der Waals surface area contributed by atoms with E-state index in [2.05, 4.69) is 20.8 Å². The highest BCUT2D eigenvalue weighted by atomic mass is 16.5. The Morgan fingerprint density at radius 2 is 2.13 bits per heavy atom. The van der Waals surface area contributed by atoms with Gasteiger partial charge in [-0.3, -0.25) is 4.79 Å². The molecule has 2 fully saturated rings. The van der Waals surface area contributed by atoms with E-state index in [1.165, 1.54) is 0 Å². The van der Waals surface area contributed by atoms with Gasteiger partial charge in [0.15, 0.2) is 0 Å². The SMILES string of the molecule is CCC1CC(CN)C2(C)COC(=O)C12C. The van der Waals surface area contributed by atoms with Crippen LogP contribution in [0.5, 0.6) is 0 Å². The number of hydrogen-bond acceptors (Lipinski definition) is 3. The lowest BCUT2D eigenvalue weighted by Crippen LogP contribution is -2.42. The van der Waals surface area contributed by atoms with Crippen LogP contribution in [0.4, 0.5) is 0 Å². The summed E-state index contributed by atoms with van der Waals surface area (Å²) in [7, 11) is 0. The first kappa shape index (κ1) is 10.9. The maximum atomic E-state index is 12.0. The zero-order valence-electron chi connectivity index (χ0n) is 9.88. The summed E-state index contributed by atoms with van der Waals surface area (Å²) in [6.07, 6.45) is 2.12. The Morgan fingerprint density at radius 3 is 2.67 bits per heavy atom. The molecule has 1 saturated carbocycles. The molecule has 1 aliphatic heterocycles. The van der Waals surface area contributed by atoms with Crippen LogP contribution in [0, 0.1) is 22.7 Å². The first-order chi connectivity index (χ1) is 7.00. The molecular weight excluding hydrogens is 190 g/mol. The van der Waals surface area contributed by atoms with Crippen molar-refractivity contribution in [1.29, 1.82) is 0 Å². The average molecular weight is 211 g/mol. The quantitative estimate of drug-likeness (QED) is 0.705. The summed E-state index contributed by atoms with van der Waals surface area (Å²) in [5, 5.41) is 0. The minimum Gasteiger partial charge on any atom is -0.465 e. The van der Waals surface area contributed by atoms with Crippen LogP contribution in [0.1, 0.15) is 33.6 Å². The van der Waals surface area contributed by atoms with Crippen molar-refractivity contribution in [2.24, 2.45) is 28.4 Å². The topological polar surface area (TPSA) is 52.3 Å². The van der Waals surface area contributed by atoms with E-state index in [0.717, 1.165) is 12.8 Å². The maximum absolute atomic E-state index is 12.0. The van der Waals surface area contributed by atoms with E-state index in [0.29, 0.717) is 25.0 Å². The molecule has 0 amide bonds. The predicted octanol–water partition coefficient (Wildman–Crippen LogP) is 1.56. The van der Waals surface area contributed by atoms with Gasteiger partial charge in [-0.25, -0.2) is 0 Å². The van der Waals surface area contributed by atoms with Gasteiger partial charge in [0.25, 0.3) is 0 Å². The molecule has 0 bridgehead atoms. The van der Waals surface area contributed by atoms with Crippen molar-refractivity contribution in [3.63, 3.8) is 0 Å². The lowest BCUT2D eigenvalue weighted by Gasteiger charge is -2.35. The Hall–Kier alpha value is -0.570. The van der Waals surface area contributed by atoms with Crippen molar-refractivity contribution in [1.82, 2.24) is 0 Å². The molecule has 4 unspecified atom stereocenters. The summed E-state index contributed by atoms with van der Waals surface area (Å²) in [6, 6.07) is 0. The minimum absolute atomic E-state index is 0.00667. The van der Waals surface area contributed by atoms with Crippen LogP contribution in [0.15, 0.2) is 0 Å². The number of nitrogens with two attached hydrogens (primary N) is 1. The Bertz CT molecular complexity index is 291.